The molecule has 28 heavy (non-hydrogen) atoms. The lowest BCUT2D eigenvalue weighted by atomic mass is 10.1. The Morgan fingerprint density at radius 2 is 1.93 bits per heavy atom. The van der Waals surface area contributed by atoms with Crippen LogP contribution in [0.25, 0.3) is 16.8 Å². The van der Waals surface area contributed by atoms with Crippen LogP contribution in [-0.4, -0.2) is 39.4 Å². The van der Waals surface area contributed by atoms with Crippen molar-refractivity contribution >= 4 is 23.2 Å². The Kier molecular flexibility index (Phi) is 5.53. The molecule has 146 valence electrons. The molecule has 2 aromatic heterocycles. The van der Waals surface area contributed by atoms with Crippen LogP contribution in [-0.2, 0) is 4.79 Å². The standard InChI is InChI=1S/C22H24ClN3O2/c1-2-3-21(27)25-13-10-18(11-14-25)28-17-6-4-16(5-7-17)19-8-9-20-24-12-15-26(20)22(19)23/h4-9,12,15,18H,2-3,10-11,13-14H2,1H3. The highest BCUT2D eigenvalue weighted by atomic mass is 35.5. The van der Waals surface area contributed by atoms with E-state index in [4.69, 9.17) is 16.3 Å². The molecule has 0 unspecified atom stereocenters. The number of hydrogen-bond acceptors (Lipinski definition) is 3. The number of rotatable bonds is 5. The number of hydrogen-bond donors (Lipinski definition) is 0. The number of ether oxygens (including phenoxy) is 1. The molecule has 1 aliphatic rings. The average molecular weight is 398 g/mol. The second-order valence-electron chi connectivity index (χ2n) is 7.17. The number of carbonyl (C=O) groups excluding carboxylic acids is 1. The van der Waals surface area contributed by atoms with Crippen LogP contribution in [0.1, 0.15) is 32.6 Å². The first kappa shape index (κ1) is 18.8. The van der Waals surface area contributed by atoms with Crippen molar-refractivity contribution < 1.29 is 9.53 Å². The van der Waals surface area contributed by atoms with Crippen molar-refractivity contribution in [3.05, 3.63) is 53.9 Å². The Labute approximate surface area is 169 Å². The van der Waals surface area contributed by atoms with E-state index in [1.54, 1.807) is 6.20 Å². The zero-order valence-corrected chi connectivity index (χ0v) is 16.7. The Hall–Kier alpha value is -2.53. The van der Waals surface area contributed by atoms with Gasteiger partial charge in [-0.05, 0) is 36.2 Å². The van der Waals surface area contributed by atoms with Crippen molar-refractivity contribution in [2.75, 3.05) is 13.1 Å². The molecule has 4 rings (SSSR count). The minimum Gasteiger partial charge on any atom is -0.490 e. The fourth-order valence-electron chi connectivity index (χ4n) is 3.68. The molecule has 0 N–H and O–H groups in total. The summed E-state index contributed by atoms with van der Waals surface area (Å²) in [6.45, 7) is 3.60. The molecular formula is C22H24ClN3O2. The lowest BCUT2D eigenvalue weighted by Gasteiger charge is -2.32. The lowest BCUT2D eigenvalue weighted by molar-refractivity contribution is -0.133. The molecule has 3 aromatic rings. The molecule has 1 fully saturated rings. The third-order valence-electron chi connectivity index (χ3n) is 5.23. The van der Waals surface area contributed by atoms with Crippen LogP contribution in [0, 0.1) is 0 Å². The van der Waals surface area contributed by atoms with Crippen LogP contribution < -0.4 is 4.74 Å². The zero-order valence-electron chi connectivity index (χ0n) is 16.0. The number of nitrogens with zero attached hydrogens (tertiary/aromatic N) is 3. The van der Waals surface area contributed by atoms with Gasteiger partial charge in [0.05, 0.1) is 0 Å². The molecule has 1 saturated heterocycles. The summed E-state index contributed by atoms with van der Waals surface area (Å²) in [5, 5.41) is 0.646. The van der Waals surface area contributed by atoms with Crippen LogP contribution >= 0.6 is 11.6 Å². The molecule has 0 radical (unpaired) electrons. The van der Waals surface area contributed by atoms with Gasteiger partial charge in [0.25, 0.3) is 0 Å². The summed E-state index contributed by atoms with van der Waals surface area (Å²) in [6.07, 6.45) is 7.04. The van der Waals surface area contributed by atoms with Gasteiger partial charge in [0.1, 0.15) is 22.7 Å². The second kappa shape index (κ2) is 8.23. The monoisotopic (exact) mass is 397 g/mol. The van der Waals surface area contributed by atoms with Gasteiger partial charge in [0, 0.05) is 50.3 Å². The molecule has 0 atom stereocenters. The van der Waals surface area contributed by atoms with E-state index in [0.29, 0.717) is 11.6 Å². The Morgan fingerprint density at radius 3 is 2.64 bits per heavy atom. The summed E-state index contributed by atoms with van der Waals surface area (Å²) < 4.78 is 8.01. The number of fused-ring (bicyclic) bond motifs is 1. The van der Waals surface area contributed by atoms with Gasteiger partial charge in [0.2, 0.25) is 5.91 Å². The van der Waals surface area contributed by atoms with Gasteiger partial charge in [-0.2, -0.15) is 0 Å². The van der Waals surface area contributed by atoms with Gasteiger partial charge in [-0.25, -0.2) is 4.98 Å². The van der Waals surface area contributed by atoms with E-state index in [0.717, 1.165) is 54.9 Å². The fourth-order valence-corrected chi connectivity index (χ4v) is 3.99. The quantitative estimate of drug-likeness (QED) is 0.579. The van der Waals surface area contributed by atoms with Crippen molar-refractivity contribution in [3.63, 3.8) is 0 Å². The maximum Gasteiger partial charge on any atom is 0.222 e. The molecule has 5 nitrogen and oxygen atoms in total. The largest absolute Gasteiger partial charge is 0.490 e. The Bertz CT molecular complexity index is 960. The van der Waals surface area contributed by atoms with E-state index in [-0.39, 0.29) is 12.0 Å². The van der Waals surface area contributed by atoms with E-state index in [1.165, 1.54) is 0 Å². The summed E-state index contributed by atoms with van der Waals surface area (Å²) in [5.41, 5.74) is 2.83. The number of piperidine rings is 1. The summed E-state index contributed by atoms with van der Waals surface area (Å²) in [6, 6.07) is 12.0. The molecular weight excluding hydrogens is 374 g/mol. The smallest absolute Gasteiger partial charge is 0.222 e. The van der Waals surface area contributed by atoms with E-state index in [9.17, 15) is 4.79 Å². The molecule has 0 saturated carbocycles. The highest BCUT2D eigenvalue weighted by Crippen LogP contribution is 2.30. The molecule has 1 amide bonds. The average Bonchev–Trinajstić information content (AvgIpc) is 3.20. The molecule has 0 bridgehead atoms. The molecule has 1 aliphatic heterocycles. The Balaban J connectivity index is 1.40. The van der Waals surface area contributed by atoms with E-state index in [2.05, 4.69) is 4.98 Å². The summed E-state index contributed by atoms with van der Waals surface area (Å²) >= 11 is 6.53. The SMILES string of the molecule is CCCC(=O)N1CCC(Oc2ccc(-c3ccc4nccn4c3Cl)cc2)CC1. The van der Waals surface area contributed by atoms with Gasteiger partial charge >= 0.3 is 0 Å². The maximum atomic E-state index is 12.0. The minimum absolute atomic E-state index is 0.155. The Morgan fingerprint density at radius 1 is 1.18 bits per heavy atom. The van der Waals surface area contributed by atoms with Crippen LogP contribution in [0.15, 0.2) is 48.8 Å². The second-order valence-corrected chi connectivity index (χ2v) is 7.52. The molecule has 0 aliphatic carbocycles. The molecule has 3 heterocycles. The van der Waals surface area contributed by atoms with Crippen molar-refractivity contribution in [3.8, 4) is 16.9 Å². The molecule has 6 heteroatoms. The van der Waals surface area contributed by atoms with Crippen LogP contribution in [0.2, 0.25) is 5.15 Å². The van der Waals surface area contributed by atoms with E-state index < -0.39 is 0 Å². The number of aromatic nitrogens is 2. The third kappa shape index (κ3) is 3.85. The van der Waals surface area contributed by atoms with Crippen molar-refractivity contribution in [1.29, 1.82) is 0 Å². The third-order valence-corrected chi connectivity index (χ3v) is 5.61. The number of benzene rings is 1. The lowest BCUT2D eigenvalue weighted by Crippen LogP contribution is -2.41. The first-order valence-electron chi connectivity index (χ1n) is 9.82. The maximum absolute atomic E-state index is 12.0. The highest BCUT2D eigenvalue weighted by molar-refractivity contribution is 6.32. The number of imidazole rings is 1. The van der Waals surface area contributed by atoms with Gasteiger partial charge in [-0.1, -0.05) is 30.7 Å². The van der Waals surface area contributed by atoms with Crippen LogP contribution in [0.4, 0.5) is 0 Å². The number of halogens is 1. The first-order chi connectivity index (χ1) is 13.7. The summed E-state index contributed by atoms with van der Waals surface area (Å²) in [4.78, 5) is 18.2. The topological polar surface area (TPSA) is 46.8 Å². The fraction of sp³-hybridized carbons (Fsp3) is 0.364. The van der Waals surface area contributed by atoms with Crippen LogP contribution in [0.5, 0.6) is 5.75 Å². The normalized spacial score (nSPS) is 15.1. The van der Waals surface area contributed by atoms with Gasteiger partial charge in [-0.15, -0.1) is 0 Å². The first-order valence-corrected chi connectivity index (χ1v) is 10.2. The zero-order chi connectivity index (χ0) is 19.5. The van der Waals surface area contributed by atoms with Crippen molar-refractivity contribution in [1.82, 2.24) is 14.3 Å². The predicted octanol–water partition coefficient (Wildman–Crippen LogP) is 4.82. The highest BCUT2D eigenvalue weighted by Gasteiger charge is 2.23. The van der Waals surface area contributed by atoms with Crippen molar-refractivity contribution in [2.45, 2.75) is 38.7 Å². The van der Waals surface area contributed by atoms with Gasteiger partial charge < -0.3 is 9.64 Å². The number of amides is 1. The van der Waals surface area contributed by atoms with Crippen molar-refractivity contribution in [2.24, 2.45) is 0 Å². The minimum atomic E-state index is 0.155. The van der Waals surface area contributed by atoms with E-state index in [1.807, 2.05) is 58.8 Å². The number of pyridine rings is 1. The van der Waals surface area contributed by atoms with E-state index >= 15 is 0 Å². The summed E-state index contributed by atoms with van der Waals surface area (Å²) in [5.74, 6) is 1.11. The number of likely N-dealkylation sites (tertiary alicyclic amines) is 1. The molecule has 1 aromatic carbocycles. The van der Waals surface area contributed by atoms with Gasteiger partial charge in [-0.3, -0.25) is 9.20 Å². The molecule has 0 spiro atoms. The van der Waals surface area contributed by atoms with Crippen LogP contribution in [0.3, 0.4) is 0 Å². The number of carbonyl (C=O) groups is 1. The van der Waals surface area contributed by atoms with Gasteiger partial charge in [0.15, 0.2) is 0 Å². The predicted molar refractivity (Wildman–Crippen MR) is 111 cm³/mol. The summed E-state index contributed by atoms with van der Waals surface area (Å²) in [7, 11) is 0.